The van der Waals surface area contributed by atoms with E-state index < -0.39 is 0 Å². The monoisotopic (exact) mass is 233 g/mol. The normalized spacial score (nSPS) is 12.5. The second kappa shape index (κ2) is 7.10. The van der Waals surface area contributed by atoms with Crippen LogP contribution < -0.4 is 5.32 Å². The zero-order valence-electron chi connectivity index (χ0n) is 11.1. The molecule has 0 aliphatic carbocycles. The van der Waals surface area contributed by atoms with Gasteiger partial charge in [-0.1, -0.05) is 51.1 Å². The molecule has 2 nitrogen and oxygen atoms in total. The molecule has 0 spiro atoms. The van der Waals surface area contributed by atoms with Crippen molar-refractivity contribution in [2.45, 2.75) is 39.5 Å². The number of hydrogen-bond acceptors (Lipinski definition) is 1. The second-order valence-electron chi connectivity index (χ2n) is 4.85. The molecule has 1 aromatic carbocycles. The Morgan fingerprint density at radius 2 is 1.88 bits per heavy atom. The molecule has 94 valence electrons. The lowest BCUT2D eigenvalue weighted by Gasteiger charge is -2.15. The van der Waals surface area contributed by atoms with E-state index in [1.54, 1.807) is 0 Å². The molecule has 0 heterocycles. The van der Waals surface area contributed by atoms with E-state index in [1.165, 1.54) is 0 Å². The molecule has 0 aliphatic heterocycles. The van der Waals surface area contributed by atoms with E-state index in [-0.39, 0.29) is 11.8 Å². The molecule has 1 amide bonds. The number of carbonyl (C=O) groups is 1. The number of carbonyl (C=O) groups excluding carboxylic acids is 1. The fourth-order valence-corrected chi connectivity index (χ4v) is 1.87. The maximum Gasteiger partial charge on any atom is 0.227 e. The lowest BCUT2D eigenvalue weighted by Crippen LogP contribution is -2.30. The number of amides is 1. The summed E-state index contributed by atoms with van der Waals surface area (Å²) in [4.78, 5) is 12.0. The highest BCUT2D eigenvalue weighted by Crippen LogP contribution is 2.19. The zero-order chi connectivity index (χ0) is 12.7. The van der Waals surface area contributed by atoms with Gasteiger partial charge in [-0.2, -0.15) is 0 Å². The van der Waals surface area contributed by atoms with Crippen LogP contribution in [0.1, 0.15) is 45.1 Å². The highest BCUT2D eigenvalue weighted by molar-refractivity contribution is 5.83. The van der Waals surface area contributed by atoms with E-state index in [2.05, 4.69) is 26.1 Å². The first-order valence-corrected chi connectivity index (χ1v) is 6.47. The fourth-order valence-electron chi connectivity index (χ4n) is 1.87. The standard InChI is InChI=1S/C15H23NO/c1-4-14(13-8-6-5-7-9-13)15(17)16-11-10-12(2)3/h5-9,12,14H,4,10-11H2,1-3H3,(H,16,17). The molecular weight excluding hydrogens is 210 g/mol. The quantitative estimate of drug-likeness (QED) is 0.802. The van der Waals surface area contributed by atoms with Crippen molar-refractivity contribution < 1.29 is 4.79 Å². The molecule has 0 saturated carbocycles. The Morgan fingerprint density at radius 1 is 1.24 bits per heavy atom. The molecule has 1 rings (SSSR count). The Labute approximate surface area is 104 Å². The third kappa shape index (κ3) is 4.59. The van der Waals surface area contributed by atoms with Gasteiger partial charge in [0.2, 0.25) is 5.91 Å². The molecule has 0 aromatic heterocycles. The molecule has 0 fully saturated rings. The van der Waals surface area contributed by atoms with E-state index in [9.17, 15) is 4.79 Å². The first-order chi connectivity index (χ1) is 8.15. The van der Waals surface area contributed by atoms with Crippen LogP contribution >= 0.6 is 0 Å². The predicted octanol–water partition coefficient (Wildman–Crippen LogP) is 3.34. The van der Waals surface area contributed by atoms with Gasteiger partial charge in [0.1, 0.15) is 0 Å². The van der Waals surface area contributed by atoms with Crippen LogP contribution in [0.2, 0.25) is 0 Å². The molecule has 1 N–H and O–H groups in total. The third-order valence-electron chi connectivity index (χ3n) is 2.95. The minimum Gasteiger partial charge on any atom is -0.356 e. The summed E-state index contributed by atoms with van der Waals surface area (Å²) in [5, 5.41) is 3.02. The maximum absolute atomic E-state index is 12.0. The van der Waals surface area contributed by atoms with Gasteiger partial charge in [0.05, 0.1) is 5.92 Å². The molecule has 17 heavy (non-hydrogen) atoms. The topological polar surface area (TPSA) is 29.1 Å². The summed E-state index contributed by atoms with van der Waals surface area (Å²) in [7, 11) is 0. The van der Waals surface area contributed by atoms with Crippen LogP contribution in [0.3, 0.4) is 0 Å². The van der Waals surface area contributed by atoms with Crippen molar-refractivity contribution in [3.63, 3.8) is 0 Å². The van der Waals surface area contributed by atoms with E-state index in [1.807, 2.05) is 30.3 Å². The summed E-state index contributed by atoms with van der Waals surface area (Å²) in [6.07, 6.45) is 1.88. The Bertz CT molecular complexity index is 332. The first kappa shape index (κ1) is 13.8. The van der Waals surface area contributed by atoms with Gasteiger partial charge < -0.3 is 5.32 Å². The van der Waals surface area contributed by atoms with Gasteiger partial charge in [-0.05, 0) is 24.3 Å². The van der Waals surface area contributed by atoms with Gasteiger partial charge in [0.15, 0.2) is 0 Å². The molecule has 0 saturated heterocycles. The minimum atomic E-state index is -0.0108. The SMILES string of the molecule is CCC(C(=O)NCCC(C)C)c1ccccc1. The highest BCUT2D eigenvalue weighted by Gasteiger charge is 2.17. The van der Waals surface area contributed by atoms with Crippen molar-refractivity contribution >= 4 is 5.91 Å². The molecule has 0 bridgehead atoms. The van der Waals surface area contributed by atoms with E-state index in [0.29, 0.717) is 5.92 Å². The number of rotatable bonds is 6. The third-order valence-corrected chi connectivity index (χ3v) is 2.95. The molecule has 1 atom stereocenters. The number of nitrogens with one attached hydrogen (secondary N) is 1. The lowest BCUT2D eigenvalue weighted by molar-refractivity contribution is -0.122. The fraction of sp³-hybridized carbons (Fsp3) is 0.533. The Morgan fingerprint density at radius 3 is 2.41 bits per heavy atom. The van der Waals surface area contributed by atoms with Gasteiger partial charge in [0.25, 0.3) is 0 Å². The number of benzene rings is 1. The van der Waals surface area contributed by atoms with Gasteiger partial charge in [0, 0.05) is 6.54 Å². The van der Waals surface area contributed by atoms with Gasteiger partial charge >= 0.3 is 0 Å². The highest BCUT2D eigenvalue weighted by atomic mass is 16.1. The molecule has 0 aliphatic rings. The second-order valence-corrected chi connectivity index (χ2v) is 4.85. The average Bonchev–Trinajstić information content (AvgIpc) is 2.31. The van der Waals surface area contributed by atoms with Crippen LogP contribution in [-0.4, -0.2) is 12.5 Å². The van der Waals surface area contributed by atoms with Gasteiger partial charge in [-0.15, -0.1) is 0 Å². The van der Waals surface area contributed by atoms with E-state index in [4.69, 9.17) is 0 Å². The molecule has 1 aromatic rings. The Balaban J connectivity index is 2.53. The van der Waals surface area contributed by atoms with Crippen molar-refractivity contribution in [1.29, 1.82) is 0 Å². The van der Waals surface area contributed by atoms with Crippen LogP contribution in [0.25, 0.3) is 0 Å². The lowest BCUT2D eigenvalue weighted by atomic mass is 9.95. The Hall–Kier alpha value is -1.31. The molecular formula is C15H23NO. The van der Waals surface area contributed by atoms with Gasteiger partial charge in [-0.3, -0.25) is 4.79 Å². The van der Waals surface area contributed by atoms with E-state index >= 15 is 0 Å². The summed E-state index contributed by atoms with van der Waals surface area (Å²) >= 11 is 0. The summed E-state index contributed by atoms with van der Waals surface area (Å²) in [5.74, 6) is 0.773. The summed E-state index contributed by atoms with van der Waals surface area (Å²) in [6.45, 7) is 7.17. The van der Waals surface area contributed by atoms with Crippen molar-refractivity contribution in [3.8, 4) is 0 Å². The smallest absolute Gasteiger partial charge is 0.227 e. The van der Waals surface area contributed by atoms with E-state index in [0.717, 1.165) is 24.9 Å². The number of hydrogen-bond donors (Lipinski definition) is 1. The molecule has 1 unspecified atom stereocenters. The zero-order valence-corrected chi connectivity index (χ0v) is 11.1. The first-order valence-electron chi connectivity index (χ1n) is 6.47. The largest absolute Gasteiger partial charge is 0.356 e. The average molecular weight is 233 g/mol. The van der Waals surface area contributed by atoms with Crippen LogP contribution in [0.5, 0.6) is 0 Å². The predicted molar refractivity (Wildman–Crippen MR) is 71.9 cm³/mol. The van der Waals surface area contributed by atoms with Crippen molar-refractivity contribution in [2.24, 2.45) is 5.92 Å². The summed E-state index contributed by atoms with van der Waals surface area (Å²) in [6, 6.07) is 10.00. The van der Waals surface area contributed by atoms with Crippen molar-refractivity contribution in [3.05, 3.63) is 35.9 Å². The minimum absolute atomic E-state index is 0.0108. The van der Waals surface area contributed by atoms with Crippen LogP contribution in [0, 0.1) is 5.92 Å². The van der Waals surface area contributed by atoms with Gasteiger partial charge in [-0.25, -0.2) is 0 Å². The van der Waals surface area contributed by atoms with Crippen molar-refractivity contribution in [1.82, 2.24) is 5.32 Å². The van der Waals surface area contributed by atoms with Crippen LogP contribution in [-0.2, 0) is 4.79 Å². The molecule has 0 radical (unpaired) electrons. The Kier molecular flexibility index (Phi) is 5.75. The summed E-state index contributed by atoms with van der Waals surface area (Å²) in [5.41, 5.74) is 1.11. The summed E-state index contributed by atoms with van der Waals surface area (Å²) < 4.78 is 0. The molecule has 2 heteroatoms. The van der Waals surface area contributed by atoms with Crippen molar-refractivity contribution in [2.75, 3.05) is 6.54 Å². The maximum atomic E-state index is 12.0. The van der Waals surface area contributed by atoms with Crippen LogP contribution in [0.4, 0.5) is 0 Å². The van der Waals surface area contributed by atoms with Crippen LogP contribution in [0.15, 0.2) is 30.3 Å².